The van der Waals surface area contributed by atoms with Gasteiger partial charge in [-0.2, -0.15) is 4.31 Å². The highest BCUT2D eigenvalue weighted by atomic mass is 32.2. The molecule has 2 aliphatic heterocycles. The lowest BCUT2D eigenvalue weighted by Gasteiger charge is -2.36. The first-order valence-corrected chi connectivity index (χ1v) is 16.5. The minimum Gasteiger partial charge on any atom is -0.343 e. The Morgan fingerprint density at radius 1 is 0.976 bits per heavy atom. The molecule has 0 bridgehead atoms. The topological polar surface area (TPSA) is 128 Å². The van der Waals surface area contributed by atoms with Crippen LogP contribution in [0, 0.1) is 11.8 Å². The summed E-state index contributed by atoms with van der Waals surface area (Å²) in [5.41, 5.74) is 0.645. The molecule has 5 atom stereocenters. The van der Waals surface area contributed by atoms with Crippen molar-refractivity contribution < 1.29 is 22.8 Å². The summed E-state index contributed by atoms with van der Waals surface area (Å²) in [4.78, 5) is 42.8. The Bertz CT molecular complexity index is 1400. The van der Waals surface area contributed by atoms with Crippen molar-refractivity contribution in [2.45, 2.75) is 69.6 Å². The zero-order valence-electron chi connectivity index (χ0n) is 24.0. The van der Waals surface area contributed by atoms with E-state index in [1.807, 2.05) is 42.5 Å². The van der Waals surface area contributed by atoms with Gasteiger partial charge in [0.15, 0.2) is 0 Å². The highest BCUT2D eigenvalue weighted by molar-refractivity contribution is 7.88. The van der Waals surface area contributed by atoms with E-state index in [2.05, 4.69) is 16.0 Å². The highest BCUT2D eigenvalue weighted by Crippen LogP contribution is 2.39. The Balaban J connectivity index is 1.45. The lowest BCUT2D eigenvalue weighted by atomic mass is 9.83. The fraction of sp³-hybridized carbons (Fsp3) is 0.567. The molecule has 0 aromatic heterocycles. The largest absolute Gasteiger partial charge is 0.343 e. The number of sulfonamides is 1. The number of benzene rings is 2. The van der Waals surface area contributed by atoms with Crippen molar-refractivity contribution in [1.82, 2.24) is 19.8 Å². The van der Waals surface area contributed by atoms with Gasteiger partial charge >= 0.3 is 0 Å². The van der Waals surface area contributed by atoms with E-state index in [9.17, 15) is 22.8 Å². The number of fused-ring (bicyclic) bond motifs is 2. The van der Waals surface area contributed by atoms with Crippen LogP contribution >= 0.6 is 0 Å². The van der Waals surface area contributed by atoms with Crippen molar-refractivity contribution in [2.24, 2.45) is 11.8 Å². The molecule has 0 spiro atoms. The molecule has 2 saturated heterocycles. The second-order valence-electron chi connectivity index (χ2n) is 11.7. The van der Waals surface area contributed by atoms with E-state index >= 15 is 0 Å². The van der Waals surface area contributed by atoms with Gasteiger partial charge in [0.1, 0.15) is 6.04 Å². The van der Waals surface area contributed by atoms with Crippen LogP contribution in [0.15, 0.2) is 42.5 Å². The van der Waals surface area contributed by atoms with Gasteiger partial charge < -0.3 is 20.9 Å². The minimum absolute atomic E-state index is 0.00122. The summed E-state index contributed by atoms with van der Waals surface area (Å²) >= 11 is 0. The number of nitrogens with zero attached hydrogens (tertiary/aromatic N) is 2. The van der Waals surface area contributed by atoms with Crippen LogP contribution in [0.25, 0.3) is 10.8 Å². The molecule has 1 aliphatic carbocycles. The molecule has 1 unspecified atom stereocenters. The summed E-state index contributed by atoms with van der Waals surface area (Å²) in [6.45, 7) is 2.09. The van der Waals surface area contributed by atoms with Crippen molar-refractivity contribution >= 4 is 44.2 Å². The number of amides is 3. The minimum atomic E-state index is -3.62. The van der Waals surface area contributed by atoms with Crippen LogP contribution in [0.3, 0.4) is 0 Å². The third kappa shape index (κ3) is 5.98. The zero-order chi connectivity index (χ0) is 29.3. The predicted molar refractivity (Wildman–Crippen MR) is 159 cm³/mol. The summed E-state index contributed by atoms with van der Waals surface area (Å²) in [6, 6.07) is 11.1. The molecular formula is C30H41N5O5S. The molecule has 3 fully saturated rings. The summed E-state index contributed by atoms with van der Waals surface area (Å²) in [5.74, 6) is -1.54. The van der Waals surface area contributed by atoms with E-state index < -0.39 is 40.1 Å². The summed E-state index contributed by atoms with van der Waals surface area (Å²) < 4.78 is 27.0. The van der Waals surface area contributed by atoms with Gasteiger partial charge in [-0.05, 0) is 50.6 Å². The zero-order valence-corrected chi connectivity index (χ0v) is 24.8. The van der Waals surface area contributed by atoms with Gasteiger partial charge in [0, 0.05) is 30.2 Å². The molecule has 41 heavy (non-hydrogen) atoms. The number of carbonyl (C=O) groups excluding carboxylic acids is 3. The Morgan fingerprint density at radius 2 is 1.68 bits per heavy atom. The van der Waals surface area contributed by atoms with E-state index in [1.165, 1.54) is 4.31 Å². The number of anilines is 1. The highest BCUT2D eigenvalue weighted by Gasteiger charge is 2.56. The maximum atomic E-state index is 14.3. The second kappa shape index (κ2) is 12.1. The molecule has 10 nitrogen and oxygen atoms in total. The molecule has 2 heterocycles. The Morgan fingerprint density at radius 3 is 2.39 bits per heavy atom. The number of rotatable bonds is 8. The van der Waals surface area contributed by atoms with Crippen LogP contribution in [0.2, 0.25) is 0 Å². The molecule has 11 heteroatoms. The number of hydrogen-bond acceptors (Lipinski definition) is 6. The molecule has 3 aliphatic rings. The van der Waals surface area contributed by atoms with Crippen molar-refractivity contribution in [3.8, 4) is 0 Å². The normalized spacial score (nSPS) is 25.0. The number of likely N-dealkylation sites (tertiary alicyclic amines) is 1. The molecule has 0 radical (unpaired) electrons. The van der Waals surface area contributed by atoms with Gasteiger partial charge in [0.25, 0.3) is 0 Å². The summed E-state index contributed by atoms with van der Waals surface area (Å²) in [5, 5.41) is 10.9. The van der Waals surface area contributed by atoms with Crippen LogP contribution in [0.5, 0.6) is 0 Å². The second-order valence-corrected chi connectivity index (χ2v) is 13.7. The van der Waals surface area contributed by atoms with Gasteiger partial charge in [-0.25, -0.2) is 8.42 Å². The SMILES string of the molecule is CN[C@@H](C)C(=O)N[C@H](C(=O)N1CCC2[C@H]1[C@@H](C(=O)Nc1cccc3ccccc13)CN2S(C)(=O)=O)C1CCCCC1. The fourth-order valence-corrected chi connectivity index (χ4v) is 8.06. The number of nitrogens with one attached hydrogen (secondary N) is 3. The third-order valence-electron chi connectivity index (χ3n) is 9.18. The molecule has 2 aromatic rings. The van der Waals surface area contributed by atoms with Crippen LogP contribution in [0.1, 0.15) is 45.4 Å². The van der Waals surface area contributed by atoms with E-state index in [1.54, 1.807) is 18.9 Å². The van der Waals surface area contributed by atoms with Crippen LogP contribution in [-0.4, -0.2) is 85.9 Å². The van der Waals surface area contributed by atoms with Gasteiger partial charge in [-0.15, -0.1) is 0 Å². The van der Waals surface area contributed by atoms with Crippen molar-refractivity contribution in [3.05, 3.63) is 42.5 Å². The van der Waals surface area contributed by atoms with Crippen molar-refractivity contribution in [3.63, 3.8) is 0 Å². The van der Waals surface area contributed by atoms with Crippen LogP contribution < -0.4 is 16.0 Å². The average molecular weight is 584 g/mol. The molecule has 3 amide bonds. The van der Waals surface area contributed by atoms with E-state index in [-0.39, 0.29) is 30.2 Å². The number of hydrogen-bond donors (Lipinski definition) is 3. The van der Waals surface area contributed by atoms with Crippen LogP contribution in [0.4, 0.5) is 5.69 Å². The predicted octanol–water partition coefficient (Wildman–Crippen LogP) is 2.31. The first-order valence-electron chi connectivity index (χ1n) is 14.6. The molecule has 5 rings (SSSR count). The lowest BCUT2D eigenvalue weighted by Crippen LogP contribution is -2.58. The van der Waals surface area contributed by atoms with Gasteiger partial charge in [-0.1, -0.05) is 55.7 Å². The monoisotopic (exact) mass is 583 g/mol. The lowest BCUT2D eigenvalue weighted by molar-refractivity contribution is -0.140. The van der Waals surface area contributed by atoms with Gasteiger partial charge in [0.05, 0.1) is 24.3 Å². The molecule has 3 N–H and O–H groups in total. The maximum absolute atomic E-state index is 14.3. The summed E-state index contributed by atoms with van der Waals surface area (Å²) in [7, 11) is -1.92. The quantitative estimate of drug-likeness (QED) is 0.438. The Kier molecular flexibility index (Phi) is 8.68. The smallest absolute Gasteiger partial charge is 0.245 e. The molecular weight excluding hydrogens is 542 g/mol. The number of carbonyl (C=O) groups is 3. The Labute approximate surface area is 242 Å². The van der Waals surface area contributed by atoms with Gasteiger partial charge in [-0.3, -0.25) is 14.4 Å². The molecule has 1 saturated carbocycles. The summed E-state index contributed by atoms with van der Waals surface area (Å²) in [6.07, 6.45) is 6.38. The average Bonchev–Trinajstić information content (AvgIpc) is 3.56. The first kappa shape index (κ1) is 29.5. The molecule has 2 aromatic carbocycles. The van der Waals surface area contributed by atoms with E-state index in [4.69, 9.17) is 0 Å². The standard InChI is InChI=1S/C30H41N5O5S/c1-19(31-2)28(36)33-26(21-11-5-4-6-12-21)30(38)34-17-16-25-27(34)23(18-35(25)41(3,39)40)29(37)32-24-15-9-13-20-10-7-8-14-22(20)24/h7-10,13-15,19,21,23,25-27,31H,4-6,11-12,16-18H2,1-3H3,(H,32,37)(H,33,36)/t19-,23-,25?,26-,27+/m0/s1. The van der Waals surface area contributed by atoms with Crippen molar-refractivity contribution in [1.29, 1.82) is 0 Å². The van der Waals surface area contributed by atoms with E-state index in [0.717, 1.165) is 49.1 Å². The van der Waals surface area contributed by atoms with Crippen LogP contribution in [-0.2, 0) is 24.4 Å². The van der Waals surface area contributed by atoms with E-state index in [0.29, 0.717) is 18.7 Å². The first-order chi connectivity index (χ1) is 19.6. The third-order valence-corrected chi connectivity index (χ3v) is 10.5. The Hall–Kier alpha value is -3.02. The number of likely N-dealkylation sites (N-methyl/N-ethyl adjacent to an activating group) is 1. The van der Waals surface area contributed by atoms with Crippen molar-refractivity contribution in [2.75, 3.05) is 31.7 Å². The maximum Gasteiger partial charge on any atom is 0.245 e. The molecule has 222 valence electrons. The van der Waals surface area contributed by atoms with Gasteiger partial charge in [0.2, 0.25) is 27.7 Å². The fourth-order valence-electron chi connectivity index (χ4n) is 6.91.